The van der Waals surface area contributed by atoms with Crippen molar-refractivity contribution in [3.05, 3.63) is 65.5 Å². The Bertz CT molecular complexity index is 552. The molecule has 0 saturated heterocycles. The first-order valence-corrected chi connectivity index (χ1v) is 6.33. The van der Waals surface area contributed by atoms with Gasteiger partial charge < -0.3 is 5.11 Å². The number of hydrogen-bond acceptors (Lipinski definition) is 2. The van der Waals surface area contributed by atoms with E-state index in [1.54, 1.807) is 12.4 Å². The van der Waals surface area contributed by atoms with E-state index in [0.29, 0.717) is 12.8 Å². The van der Waals surface area contributed by atoms with Gasteiger partial charge in [-0.25, -0.2) is 0 Å². The number of pyridine rings is 1. The molecule has 3 nitrogen and oxygen atoms in total. The number of benzene rings is 1. The monoisotopic (exact) mass is 255 g/mol. The Morgan fingerprint density at radius 2 is 2.00 bits per heavy atom. The molecule has 1 atom stereocenters. The number of aromatic nitrogens is 1. The molecule has 1 aromatic carbocycles. The van der Waals surface area contributed by atoms with E-state index in [4.69, 9.17) is 0 Å². The smallest absolute Gasteiger partial charge is 0.307 e. The Morgan fingerprint density at radius 1 is 1.21 bits per heavy atom. The standard InChI is InChI=1S/C16H17NO2/c1-12-5-2-3-7-14(12)10-15(16(18)19)9-13-6-4-8-17-11-13/h2-8,11,15H,9-10H2,1H3,(H,18,19). The lowest BCUT2D eigenvalue weighted by atomic mass is 9.91. The highest BCUT2D eigenvalue weighted by Gasteiger charge is 2.19. The van der Waals surface area contributed by atoms with Gasteiger partial charge in [0.25, 0.3) is 0 Å². The summed E-state index contributed by atoms with van der Waals surface area (Å²) >= 11 is 0. The van der Waals surface area contributed by atoms with Crippen molar-refractivity contribution in [1.82, 2.24) is 4.98 Å². The number of carboxylic acids is 1. The quantitative estimate of drug-likeness (QED) is 0.893. The van der Waals surface area contributed by atoms with Crippen LogP contribution in [-0.4, -0.2) is 16.1 Å². The van der Waals surface area contributed by atoms with Crippen LogP contribution in [0.1, 0.15) is 16.7 Å². The normalized spacial score (nSPS) is 12.1. The second-order valence-corrected chi connectivity index (χ2v) is 4.73. The molecule has 0 aliphatic rings. The van der Waals surface area contributed by atoms with E-state index in [1.165, 1.54) is 0 Å². The van der Waals surface area contributed by atoms with Crippen molar-refractivity contribution in [3.63, 3.8) is 0 Å². The zero-order valence-electron chi connectivity index (χ0n) is 10.9. The molecule has 1 aromatic heterocycles. The second kappa shape index (κ2) is 6.14. The molecule has 1 heterocycles. The van der Waals surface area contributed by atoms with Crippen LogP contribution in [0.5, 0.6) is 0 Å². The van der Waals surface area contributed by atoms with Crippen LogP contribution in [0.25, 0.3) is 0 Å². The predicted octanol–water partition coefficient (Wildman–Crippen LogP) is 2.88. The van der Waals surface area contributed by atoms with Gasteiger partial charge >= 0.3 is 5.97 Å². The highest BCUT2D eigenvalue weighted by atomic mass is 16.4. The molecule has 0 aliphatic carbocycles. The van der Waals surface area contributed by atoms with Crippen LogP contribution in [0, 0.1) is 12.8 Å². The molecule has 1 N–H and O–H groups in total. The Morgan fingerprint density at radius 3 is 2.63 bits per heavy atom. The lowest BCUT2D eigenvalue weighted by Crippen LogP contribution is -2.19. The molecule has 98 valence electrons. The Labute approximate surface area is 112 Å². The number of hydrogen-bond donors (Lipinski definition) is 1. The van der Waals surface area contributed by atoms with Gasteiger partial charge in [0.2, 0.25) is 0 Å². The molecular formula is C16H17NO2. The maximum Gasteiger partial charge on any atom is 0.307 e. The molecule has 0 fully saturated rings. The molecule has 2 aromatic rings. The van der Waals surface area contributed by atoms with Gasteiger partial charge in [0.05, 0.1) is 5.92 Å². The van der Waals surface area contributed by atoms with E-state index in [0.717, 1.165) is 16.7 Å². The van der Waals surface area contributed by atoms with Gasteiger partial charge in [0.1, 0.15) is 0 Å². The number of rotatable bonds is 5. The Kier molecular flexibility index (Phi) is 4.29. The van der Waals surface area contributed by atoms with E-state index in [9.17, 15) is 9.90 Å². The van der Waals surface area contributed by atoms with Gasteiger partial charge in [0, 0.05) is 12.4 Å². The third-order valence-electron chi connectivity index (χ3n) is 3.28. The average molecular weight is 255 g/mol. The first-order valence-electron chi connectivity index (χ1n) is 6.33. The Hall–Kier alpha value is -2.16. The lowest BCUT2D eigenvalue weighted by molar-refractivity contribution is -0.141. The van der Waals surface area contributed by atoms with Crippen molar-refractivity contribution in [2.24, 2.45) is 5.92 Å². The highest BCUT2D eigenvalue weighted by molar-refractivity contribution is 5.71. The molecule has 0 radical (unpaired) electrons. The molecule has 3 heteroatoms. The summed E-state index contributed by atoms with van der Waals surface area (Å²) in [5.41, 5.74) is 3.20. The SMILES string of the molecule is Cc1ccccc1CC(Cc1cccnc1)C(=O)O. The van der Waals surface area contributed by atoms with E-state index in [1.807, 2.05) is 43.3 Å². The van der Waals surface area contributed by atoms with Gasteiger partial charge in [-0.1, -0.05) is 30.3 Å². The Balaban J connectivity index is 2.13. The minimum absolute atomic E-state index is 0.412. The summed E-state index contributed by atoms with van der Waals surface area (Å²) in [5, 5.41) is 9.37. The molecule has 0 saturated carbocycles. The van der Waals surface area contributed by atoms with Crippen LogP contribution in [0.4, 0.5) is 0 Å². The number of carboxylic acid groups (broad SMARTS) is 1. The first kappa shape index (κ1) is 13.3. The third-order valence-corrected chi connectivity index (χ3v) is 3.28. The van der Waals surface area contributed by atoms with Crippen molar-refractivity contribution in [3.8, 4) is 0 Å². The van der Waals surface area contributed by atoms with Gasteiger partial charge in [-0.05, 0) is 42.5 Å². The maximum atomic E-state index is 11.4. The van der Waals surface area contributed by atoms with Crippen LogP contribution < -0.4 is 0 Å². The fourth-order valence-corrected chi connectivity index (χ4v) is 2.15. The molecule has 0 aliphatic heterocycles. The molecule has 2 rings (SSSR count). The van der Waals surface area contributed by atoms with Crippen molar-refractivity contribution in [2.75, 3.05) is 0 Å². The summed E-state index contributed by atoms with van der Waals surface area (Å²) in [6.07, 6.45) is 4.49. The topological polar surface area (TPSA) is 50.2 Å². The fraction of sp³-hybridized carbons (Fsp3) is 0.250. The van der Waals surface area contributed by atoms with Crippen LogP contribution in [0.3, 0.4) is 0 Å². The summed E-state index contributed by atoms with van der Waals surface area (Å²) in [6.45, 7) is 2.01. The van der Waals surface area contributed by atoms with Crippen LogP contribution in [0.2, 0.25) is 0 Å². The van der Waals surface area contributed by atoms with Gasteiger partial charge in [-0.3, -0.25) is 9.78 Å². The largest absolute Gasteiger partial charge is 0.481 e. The summed E-state index contributed by atoms with van der Waals surface area (Å²) in [4.78, 5) is 15.4. The van der Waals surface area contributed by atoms with Gasteiger partial charge in [0.15, 0.2) is 0 Å². The van der Waals surface area contributed by atoms with Crippen LogP contribution >= 0.6 is 0 Å². The molecule has 19 heavy (non-hydrogen) atoms. The third kappa shape index (κ3) is 3.65. The van der Waals surface area contributed by atoms with Crippen molar-refractivity contribution in [1.29, 1.82) is 0 Å². The van der Waals surface area contributed by atoms with Crippen LogP contribution in [0.15, 0.2) is 48.8 Å². The lowest BCUT2D eigenvalue weighted by Gasteiger charge is -2.14. The summed E-state index contributed by atoms with van der Waals surface area (Å²) in [7, 11) is 0. The summed E-state index contributed by atoms with van der Waals surface area (Å²) < 4.78 is 0. The van der Waals surface area contributed by atoms with E-state index >= 15 is 0 Å². The first-order chi connectivity index (χ1) is 9.16. The van der Waals surface area contributed by atoms with Gasteiger partial charge in [-0.2, -0.15) is 0 Å². The second-order valence-electron chi connectivity index (χ2n) is 4.73. The number of aryl methyl sites for hydroxylation is 1. The minimum atomic E-state index is -0.757. The van der Waals surface area contributed by atoms with Crippen molar-refractivity contribution >= 4 is 5.97 Å². The molecule has 0 bridgehead atoms. The number of nitrogens with zero attached hydrogens (tertiary/aromatic N) is 1. The molecule has 0 spiro atoms. The highest BCUT2D eigenvalue weighted by Crippen LogP contribution is 2.17. The number of carbonyl (C=O) groups is 1. The summed E-state index contributed by atoms with van der Waals surface area (Å²) in [6, 6.07) is 11.7. The average Bonchev–Trinajstić information content (AvgIpc) is 2.41. The van der Waals surface area contributed by atoms with Crippen molar-refractivity contribution in [2.45, 2.75) is 19.8 Å². The zero-order valence-corrected chi connectivity index (χ0v) is 10.9. The van der Waals surface area contributed by atoms with E-state index in [2.05, 4.69) is 4.98 Å². The zero-order chi connectivity index (χ0) is 13.7. The number of aliphatic carboxylic acids is 1. The van der Waals surface area contributed by atoms with Gasteiger partial charge in [-0.15, -0.1) is 0 Å². The van der Waals surface area contributed by atoms with E-state index in [-0.39, 0.29) is 0 Å². The predicted molar refractivity (Wildman–Crippen MR) is 73.9 cm³/mol. The van der Waals surface area contributed by atoms with Crippen LogP contribution in [-0.2, 0) is 17.6 Å². The molecule has 0 amide bonds. The van der Waals surface area contributed by atoms with E-state index < -0.39 is 11.9 Å². The minimum Gasteiger partial charge on any atom is -0.481 e. The molecular weight excluding hydrogens is 238 g/mol. The fourth-order valence-electron chi connectivity index (χ4n) is 2.15. The van der Waals surface area contributed by atoms with Crippen molar-refractivity contribution < 1.29 is 9.90 Å². The molecule has 1 unspecified atom stereocenters. The summed E-state index contributed by atoms with van der Waals surface area (Å²) in [5.74, 6) is -1.17. The maximum absolute atomic E-state index is 11.4.